The maximum absolute atomic E-state index is 10.4. The third kappa shape index (κ3) is 5.29. The van der Waals surface area contributed by atoms with Gasteiger partial charge in [-0.3, -0.25) is 0 Å². The summed E-state index contributed by atoms with van der Waals surface area (Å²) in [4.78, 5) is 0. The van der Waals surface area contributed by atoms with Crippen LogP contribution in [0.2, 0.25) is 10.0 Å². The van der Waals surface area contributed by atoms with Gasteiger partial charge in [-0.2, -0.15) is 0 Å². The molecule has 2 aromatic carbocycles. The molecule has 6 heteroatoms. The molecule has 1 aliphatic rings. The molecule has 3 rings (SSSR count). The second-order valence-electron chi connectivity index (χ2n) is 7.14. The van der Waals surface area contributed by atoms with Gasteiger partial charge in [0.15, 0.2) is 0 Å². The molecule has 1 aliphatic heterocycles. The Hall–Kier alpha value is -1.46. The van der Waals surface area contributed by atoms with Gasteiger partial charge in [0.2, 0.25) is 0 Å². The van der Waals surface area contributed by atoms with Crippen molar-refractivity contribution in [3.63, 3.8) is 0 Å². The van der Waals surface area contributed by atoms with Crippen LogP contribution in [0.1, 0.15) is 31.7 Å². The number of hydrogen-bond donors (Lipinski definition) is 2. The number of aliphatic hydroxyl groups excluding tert-OH is 1. The van der Waals surface area contributed by atoms with Gasteiger partial charge in [0.25, 0.3) is 0 Å². The monoisotopic (exact) mass is 409 g/mol. The first-order chi connectivity index (χ1) is 12.9. The zero-order chi connectivity index (χ0) is 19.4. The number of hydrogen-bond acceptors (Lipinski definition) is 4. The second kappa shape index (κ2) is 9.16. The fraction of sp³-hybridized carbons (Fsp3) is 0.429. The standard InChI is InChI=1S/C21H25Cl2NO3/c1-13(2)14-6-8-15(9-7-14)27-16-10-18(24-11-16)19(25)12-26-20-5-3-4-17(22)21(20)23/h3-9,13,16,18-19,24-25H,10-12H2,1-2H3/t16?,18-,19?/m0/s1. The van der Waals surface area contributed by atoms with Crippen molar-refractivity contribution in [2.75, 3.05) is 13.2 Å². The number of ether oxygens (including phenoxy) is 2. The van der Waals surface area contributed by atoms with E-state index in [0.29, 0.717) is 34.7 Å². The summed E-state index contributed by atoms with van der Waals surface area (Å²) in [5.41, 5.74) is 1.29. The zero-order valence-electron chi connectivity index (χ0n) is 15.5. The fourth-order valence-corrected chi connectivity index (χ4v) is 3.47. The highest BCUT2D eigenvalue weighted by Crippen LogP contribution is 2.31. The average Bonchev–Trinajstić information content (AvgIpc) is 3.12. The van der Waals surface area contributed by atoms with Gasteiger partial charge in [-0.25, -0.2) is 0 Å². The SMILES string of the molecule is CC(C)c1ccc(OC2CN[C@H](C(O)COc3cccc(Cl)c3Cl)C2)cc1. The normalized spacial score (nSPS) is 20.7. The quantitative estimate of drug-likeness (QED) is 0.697. The zero-order valence-corrected chi connectivity index (χ0v) is 17.0. The summed E-state index contributed by atoms with van der Waals surface area (Å²) >= 11 is 12.1. The summed E-state index contributed by atoms with van der Waals surface area (Å²) < 4.78 is 11.7. The van der Waals surface area contributed by atoms with E-state index in [4.69, 9.17) is 32.7 Å². The molecule has 0 saturated carbocycles. The lowest BCUT2D eigenvalue weighted by Crippen LogP contribution is -2.38. The summed E-state index contributed by atoms with van der Waals surface area (Å²) in [7, 11) is 0. The van der Waals surface area contributed by atoms with E-state index in [0.717, 1.165) is 5.75 Å². The van der Waals surface area contributed by atoms with Crippen molar-refractivity contribution in [2.24, 2.45) is 0 Å². The number of halogens is 2. The average molecular weight is 410 g/mol. The van der Waals surface area contributed by atoms with E-state index in [2.05, 4.69) is 31.3 Å². The Morgan fingerprint density at radius 1 is 1.15 bits per heavy atom. The van der Waals surface area contributed by atoms with Crippen molar-refractivity contribution in [3.8, 4) is 11.5 Å². The topological polar surface area (TPSA) is 50.7 Å². The molecule has 4 nitrogen and oxygen atoms in total. The second-order valence-corrected chi connectivity index (χ2v) is 7.93. The molecule has 3 atom stereocenters. The summed E-state index contributed by atoms with van der Waals surface area (Å²) in [6.45, 7) is 5.15. The van der Waals surface area contributed by atoms with E-state index in [1.165, 1.54) is 5.56 Å². The van der Waals surface area contributed by atoms with Crippen LogP contribution in [-0.4, -0.2) is 36.5 Å². The molecule has 146 valence electrons. The third-order valence-electron chi connectivity index (χ3n) is 4.76. The number of nitrogens with one attached hydrogen (secondary N) is 1. The first kappa shape index (κ1) is 20.3. The lowest BCUT2D eigenvalue weighted by atomic mass is 10.0. The van der Waals surface area contributed by atoms with Crippen LogP contribution in [0, 0.1) is 0 Å². The first-order valence-electron chi connectivity index (χ1n) is 9.19. The molecule has 0 spiro atoms. The highest BCUT2D eigenvalue weighted by Gasteiger charge is 2.31. The van der Waals surface area contributed by atoms with Crippen LogP contribution >= 0.6 is 23.2 Å². The van der Waals surface area contributed by atoms with Crippen molar-refractivity contribution in [1.82, 2.24) is 5.32 Å². The van der Waals surface area contributed by atoms with Crippen molar-refractivity contribution in [1.29, 1.82) is 0 Å². The van der Waals surface area contributed by atoms with Crippen molar-refractivity contribution < 1.29 is 14.6 Å². The molecule has 0 aliphatic carbocycles. The van der Waals surface area contributed by atoms with Gasteiger partial charge >= 0.3 is 0 Å². The van der Waals surface area contributed by atoms with E-state index < -0.39 is 6.10 Å². The van der Waals surface area contributed by atoms with Crippen LogP contribution < -0.4 is 14.8 Å². The number of rotatable bonds is 7. The summed E-state index contributed by atoms with van der Waals surface area (Å²) in [5, 5.41) is 14.5. The Morgan fingerprint density at radius 2 is 1.89 bits per heavy atom. The van der Waals surface area contributed by atoms with Crippen LogP contribution in [0.15, 0.2) is 42.5 Å². The summed E-state index contributed by atoms with van der Waals surface area (Å²) in [6, 6.07) is 13.3. The third-order valence-corrected chi connectivity index (χ3v) is 5.57. The molecule has 0 bridgehead atoms. The Balaban J connectivity index is 1.49. The van der Waals surface area contributed by atoms with Crippen molar-refractivity contribution in [3.05, 3.63) is 58.1 Å². The van der Waals surface area contributed by atoms with Gasteiger partial charge in [0.05, 0.1) is 5.02 Å². The molecule has 2 N–H and O–H groups in total. The van der Waals surface area contributed by atoms with E-state index >= 15 is 0 Å². The van der Waals surface area contributed by atoms with Crippen molar-refractivity contribution >= 4 is 23.2 Å². The van der Waals surface area contributed by atoms with Gasteiger partial charge in [-0.05, 0) is 35.7 Å². The molecular weight excluding hydrogens is 385 g/mol. The van der Waals surface area contributed by atoms with Gasteiger partial charge < -0.3 is 19.9 Å². The Bertz CT molecular complexity index is 752. The molecule has 1 heterocycles. The molecule has 0 radical (unpaired) electrons. The predicted octanol–water partition coefficient (Wildman–Crippen LogP) is 4.67. The minimum atomic E-state index is -0.669. The largest absolute Gasteiger partial charge is 0.489 e. The van der Waals surface area contributed by atoms with Crippen LogP contribution in [0.3, 0.4) is 0 Å². The smallest absolute Gasteiger partial charge is 0.139 e. The minimum Gasteiger partial charge on any atom is -0.489 e. The fourth-order valence-electron chi connectivity index (χ4n) is 3.13. The van der Waals surface area contributed by atoms with Gasteiger partial charge in [-0.1, -0.05) is 55.2 Å². The molecular formula is C21H25Cl2NO3. The van der Waals surface area contributed by atoms with Crippen LogP contribution in [0.5, 0.6) is 11.5 Å². The van der Waals surface area contributed by atoms with E-state index in [1.807, 2.05) is 12.1 Å². The highest BCUT2D eigenvalue weighted by molar-refractivity contribution is 6.42. The van der Waals surface area contributed by atoms with Gasteiger partial charge in [0, 0.05) is 19.0 Å². The van der Waals surface area contributed by atoms with Crippen LogP contribution in [-0.2, 0) is 0 Å². The van der Waals surface area contributed by atoms with E-state index in [-0.39, 0.29) is 18.8 Å². The van der Waals surface area contributed by atoms with Gasteiger partial charge in [-0.15, -0.1) is 0 Å². The molecule has 2 aromatic rings. The van der Waals surface area contributed by atoms with Crippen LogP contribution in [0.4, 0.5) is 0 Å². The molecule has 1 saturated heterocycles. The summed E-state index contributed by atoms with van der Waals surface area (Å²) in [6.07, 6.45) is 0.0565. The predicted molar refractivity (Wildman–Crippen MR) is 109 cm³/mol. The minimum absolute atomic E-state index is 0.0179. The van der Waals surface area contributed by atoms with Gasteiger partial charge in [0.1, 0.15) is 35.3 Å². The number of aliphatic hydroxyl groups is 1. The molecule has 2 unspecified atom stereocenters. The van der Waals surface area contributed by atoms with E-state index in [9.17, 15) is 5.11 Å². The first-order valence-corrected chi connectivity index (χ1v) is 9.94. The Morgan fingerprint density at radius 3 is 2.59 bits per heavy atom. The van der Waals surface area contributed by atoms with E-state index in [1.54, 1.807) is 18.2 Å². The molecule has 0 aromatic heterocycles. The lowest BCUT2D eigenvalue weighted by molar-refractivity contribution is 0.0756. The Labute approximate surface area is 170 Å². The maximum Gasteiger partial charge on any atom is 0.139 e. The molecule has 1 fully saturated rings. The van der Waals surface area contributed by atoms with Crippen molar-refractivity contribution in [2.45, 2.75) is 44.4 Å². The molecule has 0 amide bonds. The highest BCUT2D eigenvalue weighted by atomic mass is 35.5. The number of benzene rings is 2. The van der Waals surface area contributed by atoms with Crippen LogP contribution in [0.25, 0.3) is 0 Å². The Kier molecular flexibility index (Phi) is 6.88. The summed E-state index contributed by atoms with van der Waals surface area (Å²) in [5.74, 6) is 1.82. The molecule has 27 heavy (non-hydrogen) atoms. The lowest BCUT2D eigenvalue weighted by Gasteiger charge is -2.19. The maximum atomic E-state index is 10.4.